The fraction of sp³-hybridized carbons (Fsp3) is 0.214. The first-order chi connectivity index (χ1) is 9.19. The van der Waals surface area contributed by atoms with Crippen molar-refractivity contribution in [2.45, 2.75) is 13.1 Å². The highest BCUT2D eigenvalue weighted by atomic mass is 35.5. The fourth-order valence-electron chi connectivity index (χ4n) is 1.66. The van der Waals surface area contributed by atoms with Gasteiger partial charge in [-0.1, -0.05) is 23.7 Å². The number of furan rings is 1. The van der Waals surface area contributed by atoms with Gasteiger partial charge in [0.2, 0.25) is 5.76 Å². The van der Waals surface area contributed by atoms with Crippen molar-refractivity contribution < 1.29 is 13.9 Å². The SMILES string of the molecule is COC(=O)c1ccc(CNCc2cccc(Cl)c2)o1. The molecule has 0 saturated carbocycles. The van der Waals surface area contributed by atoms with Crippen LogP contribution < -0.4 is 5.32 Å². The van der Waals surface area contributed by atoms with Gasteiger partial charge in [-0.3, -0.25) is 0 Å². The number of halogens is 1. The minimum atomic E-state index is -0.471. The molecule has 0 unspecified atom stereocenters. The minimum Gasteiger partial charge on any atom is -0.463 e. The molecule has 0 saturated heterocycles. The second-order valence-electron chi connectivity index (χ2n) is 3.99. The topological polar surface area (TPSA) is 51.5 Å². The number of carbonyl (C=O) groups excluding carboxylic acids is 1. The van der Waals surface area contributed by atoms with Crippen molar-refractivity contribution in [3.63, 3.8) is 0 Å². The molecule has 2 aromatic rings. The van der Waals surface area contributed by atoms with Gasteiger partial charge in [0.25, 0.3) is 0 Å². The lowest BCUT2D eigenvalue weighted by molar-refractivity contribution is 0.0563. The maximum atomic E-state index is 11.2. The molecule has 1 aromatic heterocycles. The molecule has 100 valence electrons. The van der Waals surface area contributed by atoms with Gasteiger partial charge in [0, 0.05) is 11.6 Å². The van der Waals surface area contributed by atoms with Crippen LogP contribution in [0, 0.1) is 0 Å². The zero-order valence-corrected chi connectivity index (χ0v) is 11.2. The van der Waals surface area contributed by atoms with Crippen LogP contribution in [0.4, 0.5) is 0 Å². The molecule has 1 aromatic carbocycles. The number of benzene rings is 1. The molecule has 0 atom stereocenters. The number of rotatable bonds is 5. The number of methoxy groups -OCH3 is 1. The second kappa shape index (κ2) is 6.41. The van der Waals surface area contributed by atoms with E-state index in [2.05, 4.69) is 10.1 Å². The number of nitrogens with one attached hydrogen (secondary N) is 1. The lowest BCUT2D eigenvalue weighted by atomic mass is 10.2. The summed E-state index contributed by atoms with van der Waals surface area (Å²) in [5, 5.41) is 3.92. The fourth-order valence-corrected chi connectivity index (χ4v) is 1.87. The van der Waals surface area contributed by atoms with Crippen LogP contribution >= 0.6 is 11.6 Å². The number of ether oxygens (including phenoxy) is 1. The first-order valence-electron chi connectivity index (χ1n) is 5.81. The third-order valence-corrected chi connectivity index (χ3v) is 2.80. The van der Waals surface area contributed by atoms with E-state index < -0.39 is 5.97 Å². The van der Waals surface area contributed by atoms with E-state index in [0.717, 1.165) is 5.56 Å². The summed E-state index contributed by atoms with van der Waals surface area (Å²) in [6.07, 6.45) is 0. The molecule has 4 nitrogen and oxygen atoms in total. The molecule has 0 fully saturated rings. The predicted octanol–water partition coefficient (Wildman–Crippen LogP) is 3.01. The Bertz CT molecular complexity index is 565. The summed E-state index contributed by atoms with van der Waals surface area (Å²) in [6, 6.07) is 11.0. The molecular weight excluding hydrogens is 266 g/mol. The van der Waals surface area contributed by atoms with E-state index >= 15 is 0 Å². The van der Waals surface area contributed by atoms with Crippen LogP contribution in [0.5, 0.6) is 0 Å². The van der Waals surface area contributed by atoms with E-state index in [1.54, 1.807) is 12.1 Å². The molecule has 0 aliphatic carbocycles. The summed E-state index contributed by atoms with van der Waals surface area (Å²) in [6.45, 7) is 1.21. The lowest BCUT2D eigenvalue weighted by Crippen LogP contribution is -2.12. The van der Waals surface area contributed by atoms with Crippen molar-refractivity contribution in [2.75, 3.05) is 7.11 Å². The van der Waals surface area contributed by atoms with E-state index in [9.17, 15) is 4.79 Å². The molecule has 0 bridgehead atoms. The quantitative estimate of drug-likeness (QED) is 0.855. The number of carbonyl (C=O) groups is 1. The van der Waals surface area contributed by atoms with E-state index in [1.807, 2.05) is 24.3 Å². The van der Waals surface area contributed by atoms with Gasteiger partial charge in [-0.25, -0.2) is 4.79 Å². The average molecular weight is 280 g/mol. The molecule has 19 heavy (non-hydrogen) atoms. The molecule has 0 aliphatic heterocycles. The van der Waals surface area contributed by atoms with Crippen molar-refractivity contribution in [3.8, 4) is 0 Å². The lowest BCUT2D eigenvalue weighted by Gasteiger charge is -2.03. The molecule has 0 aliphatic rings. The van der Waals surface area contributed by atoms with Crippen molar-refractivity contribution in [1.29, 1.82) is 0 Å². The van der Waals surface area contributed by atoms with Crippen LogP contribution in [0.2, 0.25) is 5.02 Å². The Morgan fingerprint density at radius 3 is 2.89 bits per heavy atom. The normalized spacial score (nSPS) is 10.4. The Morgan fingerprint density at radius 1 is 1.32 bits per heavy atom. The standard InChI is InChI=1S/C14H14ClNO3/c1-18-14(17)13-6-5-12(19-13)9-16-8-10-3-2-4-11(15)7-10/h2-7,16H,8-9H2,1H3. The molecule has 0 spiro atoms. The third-order valence-electron chi connectivity index (χ3n) is 2.57. The zero-order chi connectivity index (χ0) is 13.7. The van der Waals surface area contributed by atoms with Gasteiger partial charge >= 0.3 is 5.97 Å². The summed E-state index contributed by atoms with van der Waals surface area (Å²) in [5.74, 6) is 0.422. The van der Waals surface area contributed by atoms with Crippen LogP contribution in [0.1, 0.15) is 21.9 Å². The van der Waals surface area contributed by atoms with Crippen LogP contribution in [0.25, 0.3) is 0 Å². The first-order valence-corrected chi connectivity index (χ1v) is 6.19. The van der Waals surface area contributed by atoms with E-state index in [0.29, 0.717) is 23.9 Å². The molecule has 0 amide bonds. The van der Waals surface area contributed by atoms with Gasteiger partial charge in [0.1, 0.15) is 5.76 Å². The highest BCUT2D eigenvalue weighted by Crippen LogP contribution is 2.11. The van der Waals surface area contributed by atoms with Crippen molar-refractivity contribution >= 4 is 17.6 Å². The Morgan fingerprint density at radius 2 is 2.16 bits per heavy atom. The molecule has 1 N–H and O–H groups in total. The summed E-state index contributed by atoms with van der Waals surface area (Å²) in [5.41, 5.74) is 1.09. The summed E-state index contributed by atoms with van der Waals surface area (Å²) in [4.78, 5) is 11.2. The smallest absolute Gasteiger partial charge is 0.373 e. The monoisotopic (exact) mass is 279 g/mol. The molecule has 0 radical (unpaired) electrons. The van der Waals surface area contributed by atoms with Gasteiger partial charge in [-0.2, -0.15) is 0 Å². The van der Waals surface area contributed by atoms with Gasteiger partial charge in [-0.15, -0.1) is 0 Å². The van der Waals surface area contributed by atoms with Crippen LogP contribution in [-0.4, -0.2) is 13.1 Å². The third kappa shape index (κ3) is 3.84. The molecule has 5 heteroatoms. The summed E-state index contributed by atoms with van der Waals surface area (Å²) >= 11 is 5.90. The maximum absolute atomic E-state index is 11.2. The van der Waals surface area contributed by atoms with Crippen LogP contribution in [0.3, 0.4) is 0 Å². The maximum Gasteiger partial charge on any atom is 0.373 e. The van der Waals surface area contributed by atoms with E-state index in [-0.39, 0.29) is 5.76 Å². The highest BCUT2D eigenvalue weighted by molar-refractivity contribution is 6.30. The van der Waals surface area contributed by atoms with E-state index in [4.69, 9.17) is 16.0 Å². The number of hydrogen-bond donors (Lipinski definition) is 1. The Kier molecular flexibility index (Phi) is 4.60. The molecular formula is C14H14ClNO3. The molecule has 1 heterocycles. The summed E-state index contributed by atoms with van der Waals surface area (Å²) in [7, 11) is 1.32. The predicted molar refractivity (Wildman–Crippen MR) is 72.0 cm³/mol. The number of hydrogen-bond acceptors (Lipinski definition) is 4. The van der Waals surface area contributed by atoms with Crippen molar-refractivity contribution in [3.05, 3.63) is 58.5 Å². The largest absolute Gasteiger partial charge is 0.463 e. The van der Waals surface area contributed by atoms with Gasteiger partial charge in [0.15, 0.2) is 0 Å². The minimum absolute atomic E-state index is 0.210. The van der Waals surface area contributed by atoms with Crippen molar-refractivity contribution in [2.24, 2.45) is 0 Å². The Balaban J connectivity index is 1.86. The van der Waals surface area contributed by atoms with Gasteiger partial charge in [-0.05, 0) is 29.8 Å². The highest BCUT2D eigenvalue weighted by Gasteiger charge is 2.10. The Hall–Kier alpha value is -1.78. The van der Waals surface area contributed by atoms with Crippen LogP contribution in [-0.2, 0) is 17.8 Å². The molecule has 2 rings (SSSR count). The van der Waals surface area contributed by atoms with Crippen LogP contribution in [0.15, 0.2) is 40.8 Å². The second-order valence-corrected chi connectivity index (χ2v) is 4.43. The van der Waals surface area contributed by atoms with Gasteiger partial charge in [0.05, 0.1) is 13.7 Å². The number of esters is 1. The average Bonchev–Trinajstić information content (AvgIpc) is 2.87. The first kappa shape index (κ1) is 13.6. The zero-order valence-electron chi connectivity index (χ0n) is 10.5. The van der Waals surface area contributed by atoms with E-state index in [1.165, 1.54) is 7.11 Å². The summed E-state index contributed by atoms with van der Waals surface area (Å²) < 4.78 is 9.90. The Labute approximate surface area is 116 Å². The van der Waals surface area contributed by atoms with Crippen molar-refractivity contribution in [1.82, 2.24) is 5.32 Å². The van der Waals surface area contributed by atoms with Gasteiger partial charge < -0.3 is 14.5 Å².